The van der Waals surface area contributed by atoms with Gasteiger partial charge in [-0.1, -0.05) is 55.5 Å². The van der Waals surface area contributed by atoms with Crippen LogP contribution in [-0.4, -0.2) is 56.6 Å². The van der Waals surface area contributed by atoms with Crippen molar-refractivity contribution in [3.63, 3.8) is 0 Å². The molecule has 12 heteroatoms. The largest absolute Gasteiger partial charge is 0.494 e. The molecule has 1 aliphatic rings. The first-order chi connectivity index (χ1) is 22.1. The number of halogens is 2. The second-order valence-corrected chi connectivity index (χ2v) is 14.7. The van der Waals surface area contributed by atoms with E-state index in [4.69, 9.17) is 27.9 Å². The zero-order chi connectivity index (χ0) is 33.3. The molecule has 0 aromatic heterocycles. The Morgan fingerprint density at radius 2 is 1.63 bits per heavy atom. The first-order valence-corrected chi connectivity index (χ1v) is 18.9. The van der Waals surface area contributed by atoms with Crippen LogP contribution in [-0.2, 0) is 26.2 Å². The number of anilines is 1. The van der Waals surface area contributed by atoms with Gasteiger partial charge in [0.2, 0.25) is 11.8 Å². The van der Waals surface area contributed by atoms with Gasteiger partial charge in [0, 0.05) is 17.5 Å². The average Bonchev–Trinajstić information content (AvgIpc) is 3.06. The van der Waals surface area contributed by atoms with Crippen LogP contribution in [0, 0.1) is 0 Å². The fourth-order valence-corrected chi connectivity index (χ4v) is 7.72. The molecule has 3 aromatic carbocycles. The topological polar surface area (TPSA) is 96.0 Å². The lowest BCUT2D eigenvalue weighted by molar-refractivity contribution is -0.140. The molecular weight excluding hydrogens is 665 g/mol. The lowest BCUT2D eigenvalue weighted by atomic mass is 9.95. The van der Waals surface area contributed by atoms with Crippen molar-refractivity contribution in [1.82, 2.24) is 10.2 Å². The highest BCUT2D eigenvalue weighted by Crippen LogP contribution is 2.29. The Labute approximate surface area is 286 Å². The molecule has 0 saturated heterocycles. The molecule has 0 spiro atoms. The van der Waals surface area contributed by atoms with E-state index >= 15 is 0 Å². The van der Waals surface area contributed by atoms with Gasteiger partial charge in [0.1, 0.15) is 18.3 Å². The minimum Gasteiger partial charge on any atom is -0.494 e. The van der Waals surface area contributed by atoms with Gasteiger partial charge in [-0.3, -0.25) is 13.9 Å². The number of sulfonamides is 1. The van der Waals surface area contributed by atoms with E-state index in [1.807, 2.05) is 20.1 Å². The van der Waals surface area contributed by atoms with Gasteiger partial charge >= 0.3 is 0 Å². The fraction of sp³-hybridized carbons (Fsp3) is 0.412. The molecule has 0 aliphatic heterocycles. The van der Waals surface area contributed by atoms with Gasteiger partial charge in [-0.05, 0) is 98.7 Å². The summed E-state index contributed by atoms with van der Waals surface area (Å²) in [4.78, 5) is 30.5. The molecule has 1 atom stereocenters. The maximum atomic E-state index is 14.4. The number of nitrogens with one attached hydrogen (secondary N) is 1. The number of hydrogen-bond donors (Lipinski definition) is 1. The zero-order valence-corrected chi connectivity index (χ0v) is 29.5. The Hall–Kier alpha value is -2.92. The van der Waals surface area contributed by atoms with E-state index < -0.39 is 28.5 Å². The Balaban J connectivity index is 1.72. The fourth-order valence-electron chi connectivity index (χ4n) is 5.58. The molecule has 0 bridgehead atoms. The van der Waals surface area contributed by atoms with Gasteiger partial charge in [-0.15, -0.1) is 11.8 Å². The summed E-state index contributed by atoms with van der Waals surface area (Å²) in [5.41, 5.74) is 0.953. The Morgan fingerprint density at radius 1 is 0.957 bits per heavy atom. The van der Waals surface area contributed by atoms with Crippen LogP contribution in [0.3, 0.4) is 0 Å². The van der Waals surface area contributed by atoms with Gasteiger partial charge in [-0.2, -0.15) is 0 Å². The maximum absolute atomic E-state index is 14.4. The second-order valence-electron chi connectivity index (χ2n) is 11.2. The zero-order valence-electron chi connectivity index (χ0n) is 26.4. The van der Waals surface area contributed by atoms with Crippen molar-refractivity contribution in [3.8, 4) is 5.75 Å². The van der Waals surface area contributed by atoms with Crippen molar-refractivity contribution in [1.29, 1.82) is 0 Å². The average molecular weight is 707 g/mol. The molecule has 4 rings (SSSR count). The SMILES string of the molecule is CCOc1ccc(N(CC(=O)N(Cc2ccc(Cl)c(Cl)c2)[C@@H](CC)C(=O)NC2CCCCC2)S(=O)(=O)c2ccc(SC)cc2)cc1. The third-order valence-electron chi connectivity index (χ3n) is 8.04. The molecular formula is C34H41Cl2N3O5S2. The van der Waals surface area contributed by atoms with Crippen LogP contribution in [0.1, 0.15) is 57.9 Å². The van der Waals surface area contributed by atoms with Gasteiger partial charge in [0.05, 0.1) is 27.2 Å². The third-order valence-corrected chi connectivity index (χ3v) is 11.3. The molecule has 1 N–H and O–H groups in total. The number of nitrogens with zero attached hydrogens (tertiary/aromatic N) is 2. The van der Waals surface area contributed by atoms with Crippen LogP contribution in [0.25, 0.3) is 0 Å². The highest BCUT2D eigenvalue weighted by Gasteiger charge is 2.34. The van der Waals surface area contributed by atoms with Gasteiger partial charge in [-0.25, -0.2) is 8.42 Å². The molecule has 3 aromatic rings. The summed E-state index contributed by atoms with van der Waals surface area (Å²) in [6, 6.07) is 17.3. The summed E-state index contributed by atoms with van der Waals surface area (Å²) in [6.45, 7) is 3.65. The first-order valence-electron chi connectivity index (χ1n) is 15.5. The summed E-state index contributed by atoms with van der Waals surface area (Å²) in [5, 5.41) is 3.84. The van der Waals surface area contributed by atoms with E-state index in [2.05, 4.69) is 5.32 Å². The quantitative estimate of drug-likeness (QED) is 0.174. The minimum absolute atomic E-state index is 0.0336. The number of amides is 2. The third kappa shape index (κ3) is 9.12. The Bertz CT molecular complexity index is 1580. The van der Waals surface area contributed by atoms with Gasteiger partial charge in [0.25, 0.3) is 10.0 Å². The van der Waals surface area contributed by atoms with Crippen molar-refractivity contribution in [3.05, 3.63) is 82.3 Å². The van der Waals surface area contributed by atoms with Crippen molar-refractivity contribution in [2.24, 2.45) is 0 Å². The number of rotatable bonds is 14. The molecule has 1 saturated carbocycles. The Kier molecular flexibility index (Phi) is 13.1. The molecule has 1 fully saturated rings. The number of ether oxygens (including phenoxy) is 1. The van der Waals surface area contributed by atoms with Crippen LogP contribution >= 0.6 is 35.0 Å². The predicted octanol–water partition coefficient (Wildman–Crippen LogP) is 7.57. The normalized spacial score (nSPS) is 14.4. The number of benzene rings is 3. The number of hydrogen-bond acceptors (Lipinski definition) is 6. The van der Waals surface area contributed by atoms with E-state index in [0.29, 0.717) is 40.1 Å². The molecule has 2 amide bonds. The summed E-state index contributed by atoms with van der Waals surface area (Å²) in [5.74, 6) is -0.216. The smallest absolute Gasteiger partial charge is 0.264 e. The summed E-state index contributed by atoms with van der Waals surface area (Å²) < 4.78 is 35.0. The minimum atomic E-state index is -4.20. The molecule has 0 heterocycles. The second kappa shape index (κ2) is 16.8. The van der Waals surface area contributed by atoms with E-state index in [1.165, 1.54) is 28.8 Å². The lowest BCUT2D eigenvalue weighted by Gasteiger charge is -2.34. The van der Waals surface area contributed by atoms with E-state index in [1.54, 1.807) is 54.6 Å². The van der Waals surface area contributed by atoms with Gasteiger partial charge in [0.15, 0.2) is 0 Å². The lowest BCUT2D eigenvalue weighted by Crippen LogP contribution is -2.54. The van der Waals surface area contributed by atoms with E-state index in [0.717, 1.165) is 41.3 Å². The summed E-state index contributed by atoms with van der Waals surface area (Å²) in [6.07, 6.45) is 7.25. The van der Waals surface area contributed by atoms with E-state index in [-0.39, 0.29) is 23.4 Å². The van der Waals surface area contributed by atoms with Crippen molar-refractivity contribution in [2.75, 3.05) is 23.7 Å². The Morgan fingerprint density at radius 3 is 2.22 bits per heavy atom. The molecule has 1 aliphatic carbocycles. The number of carbonyl (C=O) groups excluding carboxylic acids is 2. The summed E-state index contributed by atoms with van der Waals surface area (Å²) in [7, 11) is -4.20. The van der Waals surface area contributed by atoms with Crippen molar-refractivity contribution >= 4 is 62.5 Å². The summed E-state index contributed by atoms with van der Waals surface area (Å²) >= 11 is 14.0. The molecule has 8 nitrogen and oxygen atoms in total. The standard InChI is InChI=1S/C34H41Cl2N3O5S2/c1-4-32(34(41)37-25-9-7-6-8-10-25)38(22-24-11-20-30(35)31(36)21-24)33(40)23-39(26-12-14-27(15-13-26)44-5-2)46(42,43)29-18-16-28(45-3)17-19-29/h11-21,25,32H,4-10,22-23H2,1-3H3,(H,37,41)/t32-/m0/s1. The van der Waals surface area contributed by atoms with Gasteiger partial charge < -0.3 is 15.0 Å². The molecule has 0 radical (unpaired) electrons. The highest BCUT2D eigenvalue weighted by atomic mass is 35.5. The van der Waals surface area contributed by atoms with Crippen LogP contribution in [0.15, 0.2) is 76.5 Å². The van der Waals surface area contributed by atoms with E-state index in [9.17, 15) is 18.0 Å². The van der Waals surface area contributed by atoms with Crippen LogP contribution in [0.5, 0.6) is 5.75 Å². The van der Waals surface area contributed by atoms with Crippen LogP contribution in [0.4, 0.5) is 5.69 Å². The van der Waals surface area contributed by atoms with Crippen LogP contribution in [0.2, 0.25) is 10.0 Å². The maximum Gasteiger partial charge on any atom is 0.264 e. The molecule has 248 valence electrons. The van der Waals surface area contributed by atoms with Crippen molar-refractivity contribution < 1.29 is 22.7 Å². The molecule has 46 heavy (non-hydrogen) atoms. The number of carbonyl (C=O) groups is 2. The van der Waals surface area contributed by atoms with Crippen LogP contribution < -0.4 is 14.4 Å². The molecule has 0 unspecified atom stereocenters. The highest BCUT2D eigenvalue weighted by molar-refractivity contribution is 7.98. The first kappa shape index (κ1) is 35.9. The van der Waals surface area contributed by atoms with Crippen molar-refractivity contribution in [2.45, 2.75) is 80.8 Å². The monoisotopic (exact) mass is 705 g/mol. The number of thioether (sulfide) groups is 1. The predicted molar refractivity (Wildman–Crippen MR) is 186 cm³/mol.